The van der Waals surface area contributed by atoms with Crippen LogP contribution in [0.4, 0.5) is 0 Å². The number of hydrogen-bond acceptors (Lipinski definition) is 5. The second-order valence-corrected chi connectivity index (χ2v) is 11.6. The maximum absolute atomic E-state index is 12.9. The van der Waals surface area contributed by atoms with Gasteiger partial charge in [0.05, 0.1) is 11.0 Å². The molecule has 1 atom stereocenters. The van der Waals surface area contributed by atoms with Gasteiger partial charge < -0.3 is 15.5 Å². The van der Waals surface area contributed by atoms with E-state index in [0.29, 0.717) is 5.56 Å². The average Bonchev–Trinajstić information content (AvgIpc) is 2.77. The van der Waals surface area contributed by atoms with Crippen molar-refractivity contribution in [2.45, 2.75) is 62.5 Å². The van der Waals surface area contributed by atoms with Crippen LogP contribution in [0.1, 0.15) is 44.2 Å². The Labute approximate surface area is 207 Å². The van der Waals surface area contributed by atoms with Gasteiger partial charge >= 0.3 is 5.97 Å². The lowest BCUT2D eigenvalue weighted by Crippen LogP contribution is -2.46. The van der Waals surface area contributed by atoms with Crippen molar-refractivity contribution in [3.63, 3.8) is 0 Å². The first kappa shape index (κ1) is 28.3. The van der Waals surface area contributed by atoms with Crippen LogP contribution >= 0.6 is 11.6 Å². The van der Waals surface area contributed by atoms with E-state index < -0.39 is 22.1 Å². The van der Waals surface area contributed by atoms with Crippen LogP contribution in [0.15, 0.2) is 53.4 Å². The Balaban J connectivity index is 1.86. The number of aliphatic hydroxyl groups excluding tert-OH is 1. The summed E-state index contributed by atoms with van der Waals surface area (Å²) in [5.74, 6) is -0.950. The molecule has 2 rings (SSSR count). The molecule has 0 aromatic heterocycles. The van der Waals surface area contributed by atoms with Crippen LogP contribution in [0, 0.1) is 0 Å². The van der Waals surface area contributed by atoms with Gasteiger partial charge in [-0.15, -0.1) is 0 Å². The van der Waals surface area contributed by atoms with E-state index in [4.69, 9.17) is 16.7 Å². The number of aliphatic carboxylic acids is 1. The lowest BCUT2D eigenvalue weighted by Gasteiger charge is -2.29. The van der Waals surface area contributed by atoms with Crippen molar-refractivity contribution in [1.82, 2.24) is 9.62 Å². The molecule has 0 heterocycles. The fraction of sp³-hybridized carbons (Fsp3) is 0.480. The van der Waals surface area contributed by atoms with Crippen LogP contribution in [0.5, 0.6) is 0 Å². The molecular formula is C25H35ClN2O5S. The minimum Gasteiger partial charge on any atom is -0.481 e. The number of hydrogen-bond donors (Lipinski definition) is 3. The number of halogens is 1. The van der Waals surface area contributed by atoms with Gasteiger partial charge in [-0.1, -0.05) is 48.0 Å². The zero-order valence-electron chi connectivity index (χ0n) is 20.0. The Morgan fingerprint density at radius 2 is 1.82 bits per heavy atom. The standard InChI is InChI=1S/C25H35ClN2O5S/c1-25(2,15-7-10-19-8-5-4-6-9-19)27-17-21(29)18-28(3)34(32,33)22-13-11-20(23(26)16-22)12-14-24(30)31/h4-6,8-9,11,13,16,21,27,29H,7,10,12,14-15,17-18H2,1-3H3,(H,30,31). The number of carboxylic acids is 1. The number of nitrogens with one attached hydrogen (secondary N) is 1. The van der Waals surface area contributed by atoms with Crippen molar-refractivity contribution in [3.8, 4) is 0 Å². The van der Waals surface area contributed by atoms with Crippen molar-refractivity contribution in [3.05, 3.63) is 64.7 Å². The summed E-state index contributed by atoms with van der Waals surface area (Å²) in [6.07, 6.45) is 2.13. The average molecular weight is 511 g/mol. The molecule has 9 heteroatoms. The first-order valence-electron chi connectivity index (χ1n) is 11.3. The van der Waals surface area contributed by atoms with E-state index in [0.717, 1.165) is 23.6 Å². The molecule has 188 valence electrons. The number of nitrogens with zero attached hydrogens (tertiary/aromatic N) is 1. The number of rotatable bonds is 14. The van der Waals surface area contributed by atoms with Crippen molar-refractivity contribution in [1.29, 1.82) is 0 Å². The Morgan fingerprint density at radius 3 is 2.44 bits per heavy atom. The Morgan fingerprint density at radius 1 is 1.15 bits per heavy atom. The third kappa shape index (κ3) is 9.00. The van der Waals surface area contributed by atoms with E-state index >= 15 is 0 Å². The van der Waals surface area contributed by atoms with Crippen molar-refractivity contribution < 1.29 is 23.4 Å². The third-order valence-corrected chi connectivity index (χ3v) is 7.91. The lowest BCUT2D eigenvalue weighted by atomic mass is 9.95. The van der Waals surface area contributed by atoms with Gasteiger partial charge in [-0.25, -0.2) is 8.42 Å². The summed E-state index contributed by atoms with van der Waals surface area (Å²) in [4.78, 5) is 10.8. The van der Waals surface area contributed by atoms with Gasteiger partial charge in [0, 0.05) is 37.1 Å². The van der Waals surface area contributed by atoms with E-state index in [2.05, 4.69) is 31.3 Å². The molecule has 0 aliphatic rings. The first-order valence-corrected chi connectivity index (χ1v) is 13.2. The number of aryl methyl sites for hydroxylation is 2. The topological polar surface area (TPSA) is 107 Å². The van der Waals surface area contributed by atoms with E-state index in [-0.39, 0.29) is 41.4 Å². The summed E-state index contributed by atoms with van der Waals surface area (Å²) in [6.45, 7) is 4.32. The molecule has 0 fully saturated rings. The van der Waals surface area contributed by atoms with Crippen LogP contribution in [-0.2, 0) is 27.7 Å². The molecule has 0 saturated carbocycles. The summed E-state index contributed by atoms with van der Waals surface area (Å²) >= 11 is 6.17. The van der Waals surface area contributed by atoms with Crippen LogP contribution < -0.4 is 5.32 Å². The highest BCUT2D eigenvalue weighted by molar-refractivity contribution is 7.89. The van der Waals surface area contributed by atoms with Gasteiger partial charge in [0.2, 0.25) is 10.0 Å². The number of carbonyl (C=O) groups is 1. The molecule has 0 bridgehead atoms. The summed E-state index contributed by atoms with van der Waals surface area (Å²) < 4.78 is 26.9. The third-order valence-electron chi connectivity index (χ3n) is 5.74. The molecule has 0 spiro atoms. The second kappa shape index (κ2) is 12.7. The van der Waals surface area contributed by atoms with Crippen molar-refractivity contribution in [2.24, 2.45) is 0 Å². The van der Waals surface area contributed by atoms with Crippen LogP contribution in [0.3, 0.4) is 0 Å². The van der Waals surface area contributed by atoms with Crippen LogP contribution in [0.2, 0.25) is 5.02 Å². The Kier molecular flexibility index (Phi) is 10.5. The van der Waals surface area contributed by atoms with Gasteiger partial charge in [0.15, 0.2) is 0 Å². The van der Waals surface area contributed by atoms with Crippen molar-refractivity contribution in [2.75, 3.05) is 20.1 Å². The largest absolute Gasteiger partial charge is 0.481 e. The minimum absolute atomic E-state index is 0.000441. The summed E-state index contributed by atoms with van der Waals surface area (Å²) in [5, 5.41) is 22.8. The summed E-state index contributed by atoms with van der Waals surface area (Å²) in [7, 11) is -2.45. The van der Waals surface area contributed by atoms with Gasteiger partial charge in [-0.05, 0) is 62.8 Å². The van der Waals surface area contributed by atoms with Gasteiger partial charge in [-0.3, -0.25) is 4.79 Å². The Hall–Kier alpha value is -1.97. The number of benzene rings is 2. The number of likely N-dealkylation sites (N-methyl/N-ethyl adjacent to an activating group) is 1. The molecule has 1 unspecified atom stereocenters. The molecule has 0 radical (unpaired) electrons. The molecule has 2 aromatic rings. The molecule has 34 heavy (non-hydrogen) atoms. The summed E-state index contributed by atoms with van der Waals surface area (Å²) in [6, 6.07) is 14.5. The Bertz CT molecular complexity index is 1040. The molecule has 3 N–H and O–H groups in total. The zero-order valence-corrected chi connectivity index (χ0v) is 21.6. The van der Waals surface area contributed by atoms with Crippen LogP contribution in [-0.4, -0.2) is 60.7 Å². The van der Waals surface area contributed by atoms with E-state index in [1.807, 2.05) is 18.2 Å². The SMILES string of the molecule is CN(CC(O)CNC(C)(C)CCCc1ccccc1)S(=O)(=O)c1ccc(CCC(=O)O)c(Cl)c1. The summed E-state index contributed by atoms with van der Waals surface area (Å²) in [5.41, 5.74) is 1.66. The number of carboxylic acid groups (broad SMARTS) is 1. The zero-order chi connectivity index (χ0) is 25.4. The van der Waals surface area contributed by atoms with E-state index in [1.54, 1.807) is 0 Å². The van der Waals surface area contributed by atoms with Gasteiger partial charge in [0.25, 0.3) is 0 Å². The molecule has 0 aliphatic carbocycles. The molecule has 0 amide bonds. The highest BCUT2D eigenvalue weighted by atomic mass is 35.5. The monoisotopic (exact) mass is 510 g/mol. The quantitative estimate of drug-likeness (QED) is 0.357. The number of aliphatic hydroxyl groups is 1. The predicted molar refractivity (Wildman–Crippen MR) is 135 cm³/mol. The van der Waals surface area contributed by atoms with Gasteiger partial charge in [-0.2, -0.15) is 4.31 Å². The normalized spacial score (nSPS) is 13.2. The number of sulfonamides is 1. The van der Waals surface area contributed by atoms with E-state index in [1.165, 1.54) is 30.8 Å². The fourth-order valence-electron chi connectivity index (χ4n) is 3.63. The highest BCUT2D eigenvalue weighted by Gasteiger charge is 2.25. The molecule has 0 aliphatic heterocycles. The fourth-order valence-corrected chi connectivity index (χ4v) is 5.21. The van der Waals surface area contributed by atoms with E-state index in [9.17, 15) is 18.3 Å². The molecule has 2 aromatic carbocycles. The molecule has 0 saturated heterocycles. The predicted octanol–water partition coefficient (Wildman–Crippen LogP) is 3.73. The van der Waals surface area contributed by atoms with Crippen LogP contribution in [0.25, 0.3) is 0 Å². The minimum atomic E-state index is -3.86. The molecule has 7 nitrogen and oxygen atoms in total. The highest BCUT2D eigenvalue weighted by Crippen LogP contribution is 2.24. The second-order valence-electron chi connectivity index (χ2n) is 9.19. The van der Waals surface area contributed by atoms with Crippen molar-refractivity contribution >= 4 is 27.6 Å². The first-order chi connectivity index (χ1) is 15.9. The maximum Gasteiger partial charge on any atom is 0.303 e. The number of β-amino-alcohol motifs (C(OH)–C–C–N with tert-alkyl or cyclic N) is 1. The lowest BCUT2D eigenvalue weighted by molar-refractivity contribution is -0.136. The smallest absolute Gasteiger partial charge is 0.303 e. The van der Waals surface area contributed by atoms with Gasteiger partial charge in [0.1, 0.15) is 0 Å². The molecular weight excluding hydrogens is 476 g/mol. The maximum atomic E-state index is 12.9.